The monoisotopic (exact) mass is 412 g/mol. The standard InChI is InChI=1S/C23H29ClN4O/c24-18-10-11-21-19(17-18)23(29)26-20-9-8-12-25-22(20)28(21)16-7-2-1-4-13-27-14-5-3-6-15-27/h8-12,17H,1-7,13-16H2,(H,26,29). The second-order valence-electron chi connectivity index (χ2n) is 7.96. The summed E-state index contributed by atoms with van der Waals surface area (Å²) in [5, 5.41) is 3.54. The molecule has 0 atom stereocenters. The van der Waals surface area contributed by atoms with Crippen LogP contribution in [0.4, 0.5) is 17.2 Å². The smallest absolute Gasteiger partial charge is 0.257 e. The van der Waals surface area contributed by atoms with E-state index in [0.717, 1.165) is 30.2 Å². The quantitative estimate of drug-likeness (QED) is 0.611. The Morgan fingerprint density at radius 1 is 1.00 bits per heavy atom. The number of fused-ring (bicyclic) bond motifs is 2. The lowest BCUT2D eigenvalue weighted by atomic mass is 10.1. The maximum atomic E-state index is 12.7. The highest BCUT2D eigenvalue weighted by Crippen LogP contribution is 2.37. The van der Waals surface area contributed by atoms with E-state index in [9.17, 15) is 4.79 Å². The van der Waals surface area contributed by atoms with E-state index in [2.05, 4.69) is 20.1 Å². The summed E-state index contributed by atoms with van der Waals surface area (Å²) in [5.74, 6) is 0.663. The molecule has 5 nitrogen and oxygen atoms in total. The zero-order valence-electron chi connectivity index (χ0n) is 16.9. The van der Waals surface area contributed by atoms with Gasteiger partial charge in [-0.2, -0.15) is 0 Å². The summed E-state index contributed by atoms with van der Waals surface area (Å²) in [6, 6.07) is 9.26. The van der Waals surface area contributed by atoms with E-state index in [1.54, 1.807) is 12.3 Å². The zero-order chi connectivity index (χ0) is 20.1. The Bertz CT molecular complexity index is 851. The molecule has 6 heteroatoms. The fourth-order valence-corrected chi connectivity index (χ4v) is 4.48. The molecule has 0 bridgehead atoms. The number of amides is 1. The third-order valence-corrected chi connectivity index (χ3v) is 6.07. The number of benzene rings is 1. The number of carbonyl (C=O) groups excluding carboxylic acids is 1. The average Bonchev–Trinajstić information content (AvgIpc) is 2.86. The number of pyridine rings is 1. The number of hydrogen-bond acceptors (Lipinski definition) is 4. The minimum Gasteiger partial charge on any atom is -0.324 e. The Morgan fingerprint density at radius 2 is 1.79 bits per heavy atom. The molecule has 2 aliphatic rings. The molecule has 1 N–H and O–H groups in total. The van der Waals surface area contributed by atoms with Gasteiger partial charge in [0, 0.05) is 17.8 Å². The molecule has 1 amide bonds. The molecule has 1 aromatic heterocycles. The van der Waals surface area contributed by atoms with Crippen molar-refractivity contribution in [2.75, 3.05) is 36.4 Å². The van der Waals surface area contributed by atoms with Gasteiger partial charge in [-0.25, -0.2) is 4.98 Å². The predicted octanol–water partition coefficient (Wildman–Crippen LogP) is 5.49. The Kier molecular flexibility index (Phi) is 6.67. The SMILES string of the molecule is O=C1Nc2cccnc2N(CCCCCCN2CCCCC2)c2ccc(Cl)cc21. The van der Waals surface area contributed by atoms with E-state index >= 15 is 0 Å². The first-order valence-corrected chi connectivity index (χ1v) is 11.2. The molecule has 0 unspecified atom stereocenters. The highest BCUT2D eigenvalue weighted by atomic mass is 35.5. The van der Waals surface area contributed by atoms with Crippen LogP contribution < -0.4 is 10.2 Å². The minimum absolute atomic E-state index is 0.138. The molecule has 29 heavy (non-hydrogen) atoms. The van der Waals surface area contributed by atoms with E-state index in [1.165, 1.54) is 58.2 Å². The molecular weight excluding hydrogens is 384 g/mol. The van der Waals surface area contributed by atoms with Gasteiger partial charge in [-0.3, -0.25) is 4.79 Å². The van der Waals surface area contributed by atoms with Crippen molar-refractivity contribution >= 4 is 34.7 Å². The molecule has 0 saturated carbocycles. The highest BCUT2D eigenvalue weighted by molar-refractivity contribution is 6.31. The molecule has 4 rings (SSSR count). The fraction of sp³-hybridized carbons (Fsp3) is 0.478. The van der Waals surface area contributed by atoms with Crippen LogP contribution >= 0.6 is 11.6 Å². The number of unbranched alkanes of at least 4 members (excludes halogenated alkanes) is 3. The normalized spacial score (nSPS) is 16.7. The summed E-state index contributed by atoms with van der Waals surface area (Å²) in [6.45, 7) is 4.61. The van der Waals surface area contributed by atoms with Crippen LogP contribution in [0.1, 0.15) is 55.3 Å². The number of aromatic nitrogens is 1. The summed E-state index contributed by atoms with van der Waals surface area (Å²) in [5.41, 5.74) is 2.22. The van der Waals surface area contributed by atoms with Gasteiger partial charge in [0.2, 0.25) is 0 Å². The zero-order valence-corrected chi connectivity index (χ0v) is 17.6. The van der Waals surface area contributed by atoms with Gasteiger partial charge in [0.05, 0.1) is 16.9 Å². The lowest BCUT2D eigenvalue weighted by Gasteiger charge is -2.26. The Hall–Kier alpha value is -2.11. The van der Waals surface area contributed by atoms with Crippen molar-refractivity contribution in [3.63, 3.8) is 0 Å². The lowest BCUT2D eigenvalue weighted by molar-refractivity contribution is 0.102. The number of hydrogen-bond donors (Lipinski definition) is 1. The first-order valence-electron chi connectivity index (χ1n) is 10.8. The summed E-state index contributed by atoms with van der Waals surface area (Å²) >= 11 is 6.16. The maximum Gasteiger partial charge on any atom is 0.257 e. The molecule has 0 radical (unpaired) electrons. The van der Waals surface area contributed by atoms with E-state index in [4.69, 9.17) is 11.6 Å². The average molecular weight is 413 g/mol. The van der Waals surface area contributed by atoms with Crippen LogP contribution in [0.3, 0.4) is 0 Å². The van der Waals surface area contributed by atoms with Gasteiger partial charge in [0.1, 0.15) is 0 Å². The van der Waals surface area contributed by atoms with Crippen molar-refractivity contribution < 1.29 is 4.79 Å². The number of anilines is 3. The Labute approximate surface area is 178 Å². The number of piperidine rings is 1. The van der Waals surface area contributed by atoms with E-state index in [0.29, 0.717) is 10.6 Å². The van der Waals surface area contributed by atoms with Crippen molar-refractivity contribution in [3.05, 3.63) is 47.1 Å². The second-order valence-corrected chi connectivity index (χ2v) is 8.39. The minimum atomic E-state index is -0.138. The van der Waals surface area contributed by atoms with Crippen LogP contribution in [0, 0.1) is 0 Å². The molecule has 2 aliphatic heterocycles. The van der Waals surface area contributed by atoms with Crippen molar-refractivity contribution in [1.29, 1.82) is 0 Å². The summed E-state index contributed by atoms with van der Waals surface area (Å²) < 4.78 is 0. The molecular formula is C23H29ClN4O. The van der Waals surface area contributed by atoms with E-state index < -0.39 is 0 Å². The Morgan fingerprint density at radius 3 is 2.62 bits per heavy atom. The molecule has 154 valence electrons. The summed E-state index contributed by atoms with van der Waals surface area (Å²) in [6.07, 6.45) is 10.6. The van der Waals surface area contributed by atoms with E-state index in [-0.39, 0.29) is 5.91 Å². The number of carbonyl (C=O) groups is 1. The topological polar surface area (TPSA) is 48.5 Å². The molecule has 1 saturated heterocycles. The number of halogens is 1. The van der Waals surface area contributed by atoms with Gasteiger partial charge in [0.15, 0.2) is 5.82 Å². The van der Waals surface area contributed by atoms with Crippen LogP contribution in [0.2, 0.25) is 5.02 Å². The van der Waals surface area contributed by atoms with Gasteiger partial charge in [-0.1, -0.05) is 30.9 Å². The van der Waals surface area contributed by atoms with Crippen molar-refractivity contribution in [1.82, 2.24) is 9.88 Å². The third kappa shape index (κ3) is 4.90. The summed E-state index contributed by atoms with van der Waals surface area (Å²) in [7, 11) is 0. The maximum absolute atomic E-state index is 12.7. The largest absolute Gasteiger partial charge is 0.324 e. The third-order valence-electron chi connectivity index (χ3n) is 5.84. The van der Waals surface area contributed by atoms with Gasteiger partial charge in [0.25, 0.3) is 5.91 Å². The van der Waals surface area contributed by atoms with Crippen molar-refractivity contribution in [2.24, 2.45) is 0 Å². The van der Waals surface area contributed by atoms with Gasteiger partial charge in [-0.15, -0.1) is 0 Å². The molecule has 3 heterocycles. The number of likely N-dealkylation sites (tertiary alicyclic amines) is 1. The summed E-state index contributed by atoms with van der Waals surface area (Å²) in [4.78, 5) is 22.0. The van der Waals surface area contributed by atoms with Crippen LogP contribution in [0.15, 0.2) is 36.5 Å². The van der Waals surface area contributed by atoms with Gasteiger partial charge >= 0.3 is 0 Å². The highest BCUT2D eigenvalue weighted by Gasteiger charge is 2.26. The molecule has 1 aromatic carbocycles. The van der Waals surface area contributed by atoms with Crippen LogP contribution in [0.5, 0.6) is 0 Å². The van der Waals surface area contributed by atoms with Crippen molar-refractivity contribution in [3.8, 4) is 0 Å². The van der Waals surface area contributed by atoms with Crippen molar-refractivity contribution in [2.45, 2.75) is 44.9 Å². The van der Waals surface area contributed by atoms with Crippen LogP contribution in [-0.2, 0) is 0 Å². The van der Waals surface area contributed by atoms with Gasteiger partial charge < -0.3 is 15.1 Å². The predicted molar refractivity (Wildman–Crippen MR) is 119 cm³/mol. The molecule has 2 aromatic rings. The fourth-order valence-electron chi connectivity index (χ4n) is 4.31. The second kappa shape index (κ2) is 9.59. The van der Waals surface area contributed by atoms with Gasteiger partial charge in [-0.05, 0) is 75.6 Å². The number of rotatable bonds is 7. The first kappa shape index (κ1) is 20.2. The Balaban J connectivity index is 1.39. The number of nitrogens with zero attached hydrogens (tertiary/aromatic N) is 3. The molecule has 1 fully saturated rings. The van der Waals surface area contributed by atoms with Crippen LogP contribution in [0.25, 0.3) is 0 Å². The molecule has 0 aliphatic carbocycles. The first-order chi connectivity index (χ1) is 14.2. The van der Waals surface area contributed by atoms with Crippen LogP contribution in [-0.4, -0.2) is 42.0 Å². The number of nitrogens with one attached hydrogen (secondary N) is 1. The molecule has 0 spiro atoms. The lowest BCUT2D eigenvalue weighted by Crippen LogP contribution is -2.30. The van der Waals surface area contributed by atoms with E-state index in [1.807, 2.05) is 24.3 Å².